The summed E-state index contributed by atoms with van der Waals surface area (Å²) >= 11 is 0.419. The van der Waals surface area contributed by atoms with E-state index in [2.05, 4.69) is 24.3 Å². The third-order valence-corrected chi connectivity index (χ3v) is 6.45. The molecule has 2 fully saturated rings. The van der Waals surface area contributed by atoms with Gasteiger partial charge in [0.1, 0.15) is 0 Å². The number of benzene rings is 1. The zero-order chi connectivity index (χ0) is 14.7. The van der Waals surface area contributed by atoms with E-state index in [1.54, 1.807) is 0 Å². The molecule has 1 aromatic rings. The van der Waals surface area contributed by atoms with Crippen LogP contribution in [0, 0.1) is 11.8 Å². The van der Waals surface area contributed by atoms with Gasteiger partial charge in [0.05, 0.1) is 0 Å². The number of carbonyl (C=O) groups excluding carboxylic acids is 1. The van der Waals surface area contributed by atoms with E-state index >= 15 is 0 Å². The van der Waals surface area contributed by atoms with Gasteiger partial charge in [-0.2, -0.15) is 0 Å². The molecule has 0 saturated carbocycles. The van der Waals surface area contributed by atoms with Gasteiger partial charge >= 0.3 is 131 Å². The summed E-state index contributed by atoms with van der Waals surface area (Å²) in [5.74, 6) is 0.140. The van der Waals surface area contributed by atoms with Gasteiger partial charge in [0, 0.05) is 0 Å². The molecule has 0 N–H and O–H groups in total. The summed E-state index contributed by atoms with van der Waals surface area (Å²) in [7, 11) is 0. The molecule has 3 nitrogen and oxygen atoms in total. The molecule has 3 rings (SSSR count). The molecule has 1 aromatic carbocycles. The predicted molar refractivity (Wildman–Crippen MR) is 82.7 cm³/mol. The zero-order valence-corrected chi connectivity index (χ0v) is 13.8. The van der Waals surface area contributed by atoms with Gasteiger partial charge in [-0.1, -0.05) is 0 Å². The molecule has 2 heterocycles. The average molecular weight is 351 g/mol. The van der Waals surface area contributed by atoms with Gasteiger partial charge in [0.25, 0.3) is 0 Å². The van der Waals surface area contributed by atoms with Crippen molar-refractivity contribution in [3.8, 4) is 0 Å². The van der Waals surface area contributed by atoms with Crippen LogP contribution in [0.4, 0.5) is 0 Å². The minimum absolute atomic E-state index is 0.0879. The van der Waals surface area contributed by atoms with Crippen LogP contribution in [0.2, 0.25) is 5.32 Å². The topological polar surface area (TPSA) is 35.5 Å². The minimum atomic E-state index is -0.111. The molecule has 0 aromatic heterocycles. The number of hydrogen-bond donors (Lipinski definition) is 0. The second-order valence-electron chi connectivity index (χ2n) is 5.52. The summed E-state index contributed by atoms with van der Waals surface area (Å²) in [5, 5.41) is 1.06. The number of cyclic esters (lactones) is 1. The van der Waals surface area contributed by atoms with Crippen LogP contribution in [-0.2, 0) is 14.3 Å². The quantitative estimate of drug-likeness (QED) is 0.473. The molecule has 0 radical (unpaired) electrons. The third kappa shape index (κ3) is 3.39. The van der Waals surface area contributed by atoms with Crippen LogP contribution in [0.3, 0.4) is 0 Å². The summed E-state index contributed by atoms with van der Waals surface area (Å²) in [6.07, 6.45) is 5.05. The first kappa shape index (κ1) is 14.8. The van der Waals surface area contributed by atoms with Gasteiger partial charge in [-0.15, -0.1) is 0 Å². The Labute approximate surface area is 131 Å². The van der Waals surface area contributed by atoms with E-state index < -0.39 is 0 Å². The number of hydrogen-bond acceptors (Lipinski definition) is 3. The fraction of sp³-hybridized carbons (Fsp3) is 0.471. The molecule has 0 amide bonds. The Hall–Kier alpha value is -1.09. The first-order valence-corrected chi connectivity index (χ1v) is 9.47. The Kier molecular flexibility index (Phi) is 4.79. The number of allylic oxidation sites excluding steroid dienone is 1. The van der Waals surface area contributed by atoms with Crippen LogP contribution in [0.25, 0.3) is 0 Å². The number of ether oxygens (including phenoxy) is 2. The van der Waals surface area contributed by atoms with E-state index in [0.29, 0.717) is 27.5 Å². The van der Waals surface area contributed by atoms with Gasteiger partial charge in [-0.3, -0.25) is 0 Å². The van der Waals surface area contributed by atoms with Crippen molar-refractivity contribution in [3.63, 3.8) is 0 Å². The molecule has 2 aliphatic heterocycles. The first-order valence-electron chi connectivity index (χ1n) is 7.40. The van der Waals surface area contributed by atoms with Crippen molar-refractivity contribution < 1.29 is 14.3 Å². The van der Waals surface area contributed by atoms with Gasteiger partial charge in [-0.25, -0.2) is 0 Å². The predicted octanol–water partition coefficient (Wildman–Crippen LogP) is 1.96. The van der Waals surface area contributed by atoms with E-state index in [4.69, 9.17) is 9.47 Å². The van der Waals surface area contributed by atoms with Crippen molar-refractivity contribution in [3.05, 3.63) is 42.5 Å². The van der Waals surface area contributed by atoms with Crippen LogP contribution in [0.1, 0.15) is 13.3 Å². The molecule has 4 atom stereocenters. The molecular weight excluding hydrogens is 331 g/mol. The second-order valence-corrected chi connectivity index (χ2v) is 7.82. The van der Waals surface area contributed by atoms with E-state index in [-0.39, 0.29) is 24.1 Å². The molecule has 0 unspecified atom stereocenters. The first-order chi connectivity index (χ1) is 10.3. The Morgan fingerprint density at radius 1 is 1.33 bits per heavy atom. The van der Waals surface area contributed by atoms with Gasteiger partial charge in [-0.05, 0) is 0 Å². The Morgan fingerprint density at radius 2 is 2.14 bits per heavy atom. The maximum atomic E-state index is 11.8. The van der Waals surface area contributed by atoms with E-state index in [1.165, 1.54) is 4.46 Å². The summed E-state index contributed by atoms with van der Waals surface area (Å²) in [4.78, 5) is 11.8. The fourth-order valence-corrected chi connectivity index (χ4v) is 5.04. The van der Waals surface area contributed by atoms with Crippen LogP contribution >= 0.6 is 0 Å². The molecule has 0 aliphatic carbocycles. The van der Waals surface area contributed by atoms with Gasteiger partial charge in [0.2, 0.25) is 0 Å². The zero-order valence-electron chi connectivity index (χ0n) is 12.1. The van der Waals surface area contributed by atoms with Crippen molar-refractivity contribution in [1.29, 1.82) is 0 Å². The number of esters is 1. The van der Waals surface area contributed by atoms with Crippen molar-refractivity contribution in [1.82, 2.24) is 0 Å². The Morgan fingerprint density at radius 3 is 2.90 bits per heavy atom. The third-order valence-electron chi connectivity index (χ3n) is 4.05. The summed E-state index contributed by atoms with van der Waals surface area (Å²) < 4.78 is 12.8. The summed E-state index contributed by atoms with van der Waals surface area (Å²) in [5.41, 5.74) is 0. The molecule has 2 aliphatic rings. The van der Waals surface area contributed by atoms with Crippen molar-refractivity contribution in [2.75, 3.05) is 6.61 Å². The van der Waals surface area contributed by atoms with Crippen LogP contribution in [0.5, 0.6) is 0 Å². The number of carbonyl (C=O) groups is 1. The van der Waals surface area contributed by atoms with E-state index in [1.807, 2.05) is 25.1 Å². The monoisotopic (exact) mass is 352 g/mol. The van der Waals surface area contributed by atoms with Crippen molar-refractivity contribution >= 4 is 25.4 Å². The standard InChI is InChI=1S/C17H20O3Se/c1-2-6-15-16-12(10-19-17(16)18)9-13(20-15)11-21-14-7-4-3-5-8-14/h2-8,12-13,15-16H,9-11H2,1H3/b6-2+/t12-,13+,15-,16-/m0/s1. The van der Waals surface area contributed by atoms with E-state index in [9.17, 15) is 4.79 Å². The van der Waals surface area contributed by atoms with Crippen molar-refractivity contribution in [2.24, 2.45) is 11.8 Å². The summed E-state index contributed by atoms with van der Waals surface area (Å²) in [6, 6.07) is 10.6. The molecule has 2 saturated heterocycles. The normalized spacial score (nSPS) is 32.1. The molecule has 112 valence electrons. The molecular formula is C17H20O3Se. The van der Waals surface area contributed by atoms with Gasteiger partial charge < -0.3 is 0 Å². The molecule has 0 bridgehead atoms. The molecule has 4 heteroatoms. The molecule has 21 heavy (non-hydrogen) atoms. The van der Waals surface area contributed by atoms with E-state index in [0.717, 1.165) is 11.7 Å². The number of rotatable bonds is 4. The Bertz CT molecular complexity index is 514. The van der Waals surface area contributed by atoms with Crippen LogP contribution in [-0.4, -0.2) is 39.7 Å². The number of fused-ring (bicyclic) bond motifs is 1. The average Bonchev–Trinajstić information content (AvgIpc) is 2.88. The van der Waals surface area contributed by atoms with Gasteiger partial charge in [0.15, 0.2) is 0 Å². The molecule has 0 spiro atoms. The maximum absolute atomic E-state index is 11.8. The second kappa shape index (κ2) is 6.78. The summed E-state index contributed by atoms with van der Waals surface area (Å²) in [6.45, 7) is 2.53. The Balaban J connectivity index is 1.63. The van der Waals surface area contributed by atoms with Crippen LogP contribution < -0.4 is 4.46 Å². The van der Waals surface area contributed by atoms with Crippen molar-refractivity contribution in [2.45, 2.75) is 30.9 Å². The SMILES string of the molecule is C/C=C/[C@@H]1O[C@@H](C[Se]c2ccccc2)C[C@H]2COC(=O)[C@@H]21. The van der Waals surface area contributed by atoms with Crippen LogP contribution in [0.15, 0.2) is 42.5 Å². The fourth-order valence-electron chi connectivity index (χ4n) is 3.07.